The summed E-state index contributed by atoms with van der Waals surface area (Å²) in [5.41, 5.74) is 12.2. The second-order valence-electron chi connectivity index (χ2n) is 5.44. The predicted molar refractivity (Wildman–Crippen MR) is 84.3 cm³/mol. The number of hydrogen-bond acceptors (Lipinski definition) is 5. The minimum Gasteiger partial charge on any atom is -0.370 e. The highest BCUT2D eigenvalue weighted by atomic mass is 16.1. The highest BCUT2D eigenvalue weighted by molar-refractivity contribution is 5.91. The summed E-state index contributed by atoms with van der Waals surface area (Å²) in [6.45, 7) is 6.01. The van der Waals surface area contributed by atoms with Crippen molar-refractivity contribution in [2.75, 3.05) is 44.2 Å². The van der Waals surface area contributed by atoms with E-state index in [2.05, 4.69) is 14.8 Å². The second-order valence-corrected chi connectivity index (χ2v) is 5.44. The lowest BCUT2D eigenvalue weighted by molar-refractivity contribution is 0.0995. The molecule has 1 aliphatic heterocycles. The third-order valence-electron chi connectivity index (χ3n) is 3.88. The Morgan fingerprint density at radius 1 is 1.24 bits per heavy atom. The van der Waals surface area contributed by atoms with Crippen LogP contribution < -0.4 is 16.4 Å². The monoisotopic (exact) mass is 291 g/mol. The third-order valence-corrected chi connectivity index (χ3v) is 3.88. The van der Waals surface area contributed by atoms with E-state index in [4.69, 9.17) is 11.5 Å². The first-order valence-corrected chi connectivity index (χ1v) is 7.64. The maximum absolute atomic E-state index is 11.2. The van der Waals surface area contributed by atoms with Crippen molar-refractivity contribution in [2.24, 2.45) is 11.5 Å². The molecule has 0 bridgehead atoms. The van der Waals surface area contributed by atoms with Gasteiger partial charge >= 0.3 is 0 Å². The van der Waals surface area contributed by atoms with E-state index < -0.39 is 5.91 Å². The topological polar surface area (TPSA) is 88.5 Å². The van der Waals surface area contributed by atoms with Gasteiger partial charge in [-0.25, -0.2) is 0 Å². The van der Waals surface area contributed by atoms with Crippen LogP contribution in [-0.2, 0) is 0 Å². The van der Waals surface area contributed by atoms with Gasteiger partial charge in [-0.05, 0) is 51.0 Å². The molecule has 6 heteroatoms. The molecule has 0 aliphatic carbocycles. The zero-order valence-electron chi connectivity index (χ0n) is 12.5. The molecule has 4 N–H and O–H groups in total. The van der Waals surface area contributed by atoms with Gasteiger partial charge in [0, 0.05) is 31.5 Å². The Labute approximate surface area is 126 Å². The molecule has 2 heterocycles. The zero-order valence-corrected chi connectivity index (χ0v) is 12.5. The average Bonchev–Trinajstić information content (AvgIpc) is 2.73. The molecule has 116 valence electrons. The smallest absolute Gasteiger partial charge is 0.267 e. The van der Waals surface area contributed by atoms with E-state index in [1.807, 2.05) is 6.07 Å². The fourth-order valence-electron chi connectivity index (χ4n) is 2.68. The summed E-state index contributed by atoms with van der Waals surface area (Å²) in [7, 11) is 0. The van der Waals surface area contributed by atoms with Crippen LogP contribution in [0.2, 0.25) is 0 Å². The maximum atomic E-state index is 11.2. The highest BCUT2D eigenvalue weighted by Crippen LogP contribution is 2.17. The summed E-state index contributed by atoms with van der Waals surface area (Å²) in [4.78, 5) is 20.0. The van der Waals surface area contributed by atoms with Crippen molar-refractivity contribution in [1.82, 2.24) is 9.88 Å². The lowest BCUT2D eigenvalue weighted by Crippen LogP contribution is -2.31. The summed E-state index contributed by atoms with van der Waals surface area (Å²) in [6.07, 6.45) is 5.03. The quantitative estimate of drug-likeness (QED) is 0.742. The summed E-state index contributed by atoms with van der Waals surface area (Å²) in [5, 5.41) is 0. The number of rotatable bonds is 6. The van der Waals surface area contributed by atoms with E-state index in [-0.39, 0.29) is 0 Å². The van der Waals surface area contributed by atoms with E-state index in [1.54, 1.807) is 12.3 Å². The van der Waals surface area contributed by atoms with Gasteiger partial charge in [-0.3, -0.25) is 9.78 Å². The summed E-state index contributed by atoms with van der Waals surface area (Å²) in [5.74, 6) is -0.477. The number of hydrogen-bond donors (Lipinski definition) is 2. The van der Waals surface area contributed by atoms with Gasteiger partial charge in [0.15, 0.2) is 0 Å². The molecular formula is C15H25N5O. The van der Waals surface area contributed by atoms with Crippen LogP contribution >= 0.6 is 0 Å². The lowest BCUT2D eigenvalue weighted by atomic mass is 10.2. The minimum atomic E-state index is -0.477. The molecule has 1 aliphatic rings. The molecule has 0 atom stereocenters. The van der Waals surface area contributed by atoms with Gasteiger partial charge in [0.25, 0.3) is 5.91 Å². The first-order valence-electron chi connectivity index (χ1n) is 7.64. The second kappa shape index (κ2) is 7.95. The Balaban J connectivity index is 1.93. The number of pyridine rings is 1. The van der Waals surface area contributed by atoms with Gasteiger partial charge in [0.05, 0.1) is 0 Å². The van der Waals surface area contributed by atoms with Crippen LogP contribution in [0.3, 0.4) is 0 Å². The minimum absolute atomic E-state index is 0.330. The normalized spacial score (nSPS) is 16.7. The van der Waals surface area contributed by atoms with E-state index in [0.717, 1.165) is 64.2 Å². The number of aromatic nitrogens is 1. The Bertz CT molecular complexity index is 465. The first kappa shape index (κ1) is 15.7. The van der Waals surface area contributed by atoms with Crippen LogP contribution in [0.4, 0.5) is 5.69 Å². The molecule has 1 fully saturated rings. The molecule has 0 radical (unpaired) electrons. The Morgan fingerprint density at radius 2 is 2.10 bits per heavy atom. The van der Waals surface area contributed by atoms with E-state index in [1.165, 1.54) is 0 Å². The number of anilines is 1. The number of amides is 1. The maximum Gasteiger partial charge on any atom is 0.267 e. The molecule has 0 spiro atoms. The van der Waals surface area contributed by atoms with Crippen LogP contribution in [0.1, 0.15) is 29.8 Å². The molecule has 0 aromatic carbocycles. The van der Waals surface area contributed by atoms with Crippen molar-refractivity contribution in [3.8, 4) is 0 Å². The Hall–Kier alpha value is -1.66. The fourth-order valence-corrected chi connectivity index (χ4v) is 2.68. The van der Waals surface area contributed by atoms with Crippen molar-refractivity contribution >= 4 is 11.6 Å². The molecule has 21 heavy (non-hydrogen) atoms. The molecule has 0 unspecified atom stereocenters. The van der Waals surface area contributed by atoms with Crippen molar-refractivity contribution in [2.45, 2.75) is 19.3 Å². The summed E-state index contributed by atoms with van der Waals surface area (Å²) in [6, 6.07) is 3.73. The first-order chi connectivity index (χ1) is 10.2. The highest BCUT2D eigenvalue weighted by Gasteiger charge is 2.15. The Morgan fingerprint density at radius 3 is 2.86 bits per heavy atom. The van der Waals surface area contributed by atoms with Gasteiger partial charge in [0.1, 0.15) is 5.69 Å². The zero-order chi connectivity index (χ0) is 15.1. The average molecular weight is 291 g/mol. The molecule has 6 nitrogen and oxygen atoms in total. The fraction of sp³-hybridized carbons (Fsp3) is 0.600. The lowest BCUT2D eigenvalue weighted by Gasteiger charge is -2.23. The predicted octanol–water partition coefficient (Wildman–Crippen LogP) is 0.432. The van der Waals surface area contributed by atoms with Crippen molar-refractivity contribution in [3.63, 3.8) is 0 Å². The van der Waals surface area contributed by atoms with Gasteiger partial charge in [0.2, 0.25) is 0 Å². The van der Waals surface area contributed by atoms with Crippen LogP contribution in [0.15, 0.2) is 18.3 Å². The van der Waals surface area contributed by atoms with Gasteiger partial charge in [-0.1, -0.05) is 0 Å². The van der Waals surface area contributed by atoms with Crippen molar-refractivity contribution in [3.05, 3.63) is 24.0 Å². The number of primary amides is 1. The number of carbonyl (C=O) groups is 1. The molecule has 1 saturated heterocycles. The number of unbranched alkanes of at least 4 members (excludes halogenated alkanes) is 1. The standard InChI is InChI=1S/C15H25N5O/c16-5-1-2-7-19-8-3-9-20(11-10-19)13-4-6-18-14(12-13)15(17)21/h4,6,12H,1-3,5,7-11,16H2,(H2,17,21). The summed E-state index contributed by atoms with van der Waals surface area (Å²) >= 11 is 0. The molecule has 1 amide bonds. The van der Waals surface area contributed by atoms with E-state index in [9.17, 15) is 4.79 Å². The van der Waals surface area contributed by atoms with E-state index >= 15 is 0 Å². The molecule has 1 aromatic heterocycles. The molecular weight excluding hydrogens is 266 g/mol. The van der Waals surface area contributed by atoms with Gasteiger partial charge in [-0.2, -0.15) is 0 Å². The van der Waals surface area contributed by atoms with Crippen LogP contribution in [0.5, 0.6) is 0 Å². The van der Waals surface area contributed by atoms with Gasteiger partial charge < -0.3 is 21.3 Å². The Kier molecular flexibility index (Phi) is 5.95. The molecule has 0 saturated carbocycles. The van der Waals surface area contributed by atoms with E-state index in [0.29, 0.717) is 5.69 Å². The van der Waals surface area contributed by atoms with Crippen LogP contribution in [0, 0.1) is 0 Å². The van der Waals surface area contributed by atoms with Gasteiger partial charge in [-0.15, -0.1) is 0 Å². The van der Waals surface area contributed by atoms with Crippen molar-refractivity contribution < 1.29 is 4.79 Å². The SMILES string of the molecule is NCCCCN1CCCN(c2ccnc(C(N)=O)c2)CC1. The van der Waals surface area contributed by atoms with Crippen LogP contribution in [-0.4, -0.2) is 55.1 Å². The number of nitrogens with two attached hydrogens (primary N) is 2. The molecule has 1 aromatic rings. The molecule has 2 rings (SSSR count). The third kappa shape index (κ3) is 4.68. The largest absolute Gasteiger partial charge is 0.370 e. The van der Waals surface area contributed by atoms with Crippen molar-refractivity contribution in [1.29, 1.82) is 0 Å². The summed E-state index contributed by atoms with van der Waals surface area (Å²) < 4.78 is 0. The van der Waals surface area contributed by atoms with Crippen LogP contribution in [0.25, 0.3) is 0 Å². The number of carbonyl (C=O) groups excluding carboxylic acids is 1. The number of nitrogens with zero attached hydrogens (tertiary/aromatic N) is 3.